The first-order valence-electron chi connectivity index (χ1n) is 6.20. The molecule has 0 aliphatic carbocycles. The molecule has 2 aromatic carbocycles. The van der Waals surface area contributed by atoms with Gasteiger partial charge in [0.2, 0.25) is 0 Å². The highest BCUT2D eigenvalue weighted by molar-refractivity contribution is 5.28. The molecule has 0 saturated heterocycles. The summed E-state index contributed by atoms with van der Waals surface area (Å²) in [6.07, 6.45) is 0. The van der Waals surface area contributed by atoms with Gasteiger partial charge in [0.1, 0.15) is 5.82 Å². The molecule has 0 aromatic heterocycles. The van der Waals surface area contributed by atoms with Crippen LogP contribution in [0.4, 0.5) is 4.39 Å². The van der Waals surface area contributed by atoms with E-state index in [2.05, 4.69) is 37.4 Å². The van der Waals surface area contributed by atoms with Crippen LogP contribution in [-0.2, 0) is 6.54 Å². The van der Waals surface area contributed by atoms with Crippen LogP contribution in [-0.4, -0.2) is 0 Å². The maximum Gasteiger partial charge on any atom is 0.123 e. The molecule has 0 aliphatic rings. The maximum absolute atomic E-state index is 12.8. The number of aryl methyl sites for hydroxylation is 1. The molecule has 0 aliphatic heterocycles. The zero-order valence-electron chi connectivity index (χ0n) is 10.8. The molecular weight excluding hydrogens is 225 g/mol. The van der Waals surface area contributed by atoms with E-state index in [1.165, 1.54) is 23.3 Å². The van der Waals surface area contributed by atoms with E-state index in [1.807, 2.05) is 18.2 Å². The fourth-order valence-corrected chi connectivity index (χ4v) is 2.06. The van der Waals surface area contributed by atoms with E-state index in [0.29, 0.717) is 0 Å². The van der Waals surface area contributed by atoms with Gasteiger partial charge in [0.25, 0.3) is 0 Å². The molecule has 2 heteroatoms. The van der Waals surface area contributed by atoms with Crippen LogP contribution in [0, 0.1) is 12.7 Å². The van der Waals surface area contributed by atoms with Gasteiger partial charge in [-0.3, -0.25) is 0 Å². The van der Waals surface area contributed by atoms with Gasteiger partial charge in [-0.15, -0.1) is 0 Å². The van der Waals surface area contributed by atoms with Crippen molar-refractivity contribution < 1.29 is 4.39 Å². The summed E-state index contributed by atoms with van der Waals surface area (Å²) < 4.78 is 12.8. The first-order chi connectivity index (χ1) is 8.66. The summed E-state index contributed by atoms with van der Waals surface area (Å²) in [6, 6.07) is 15.3. The van der Waals surface area contributed by atoms with Gasteiger partial charge >= 0.3 is 0 Å². The minimum Gasteiger partial charge on any atom is -0.306 e. The molecule has 0 heterocycles. The van der Waals surface area contributed by atoms with Crippen LogP contribution in [0.2, 0.25) is 0 Å². The van der Waals surface area contributed by atoms with Crippen molar-refractivity contribution in [3.8, 4) is 0 Å². The Morgan fingerprint density at radius 1 is 1.06 bits per heavy atom. The lowest BCUT2D eigenvalue weighted by molar-refractivity contribution is 0.570. The highest BCUT2D eigenvalue weighted by Crippen LogP contribution is 2.17. The Morgan fingerprint density at radius 2 is 1.72 bits per heavy atom. The molecule has 1 atom stereocenters. The third-order valence-electron chi connectivity index (χ3n) is 3.18. The van der Waals surface area contributed by atoms with Crippen molar-refractivity contribution in [2.24, 2.45) is 0 Å². The van der Waals surface area contributed by atoms with Crippen molar-refractivity contribution in [1.29, 1.82) is 0 Å². The van der Waals surface area contributed by atoms with E-state index in [0.717, 1.165) is 12.1 Å². The first-order valence-corrected chi connectivity index (χ1v) is 6.20. The number of benzene rings is 2. The van der Waals surface area contributed by atoms with E-state index in [1.54, 1.807) is 0 Å². The van der Waals surface area contributed by atoms with Gasteiger partial charge in [-0.2, -0.15) is 0 Å². The zero-order valence-corrected chi connectivity index (χ0v) is 10.8. The monoisotopic (exact) mass is 243 g/mol. The zero-order chi connectivity index (χ0) is 13.0. The fraction of sp³-hybridized carbons (Fsp3) is 0.250. The second kappa shape index (κ2) is 5.78. The molecule has 94 valence electrons. The van der Waals surface area contributed by atoms with Crippen LogP contribution >= 0.6 is 0 Å². The Morgan fingerprint density at radius 3 is 2.39 bits per heavy atom. The molecule has 0 fully saturated rings. The topological polar surface area (TPSA) is 12.0 Å². The van der Waals surface area contributed by atoms with Crippen LogP contribution in [0.5, 0.6) is 0 Å². The Bertz CT molecular complexity index is 505. The molecule has 0 spiro atoms. The highest BCUT2D eigenvalue weighted by atomic mass is 19.1. The minimum atomic E-state index is -0.189. The quantitative estimate of drug-likeness (QED) is 0.856. The largest absolute Gasteiger partial charge is 0.306 e. The molecule has 0 bridgehead atoms. The van der Waals surface area contributed by atoms with Crippen molar-refractivity contribution in [3.63, 3.8) is 0 Å². The number of nitrogens with one attached hydrogen (secondary N) is 1. The van der Waals surface area contributed by atoms with Crippen molar-refractivity contribution in [2.45, 2.75) is 26.4 Å². The van der Waals surface area contributed by atoms with Gasteiger partial charge < -0.3 is 5.32 Å². The summed E-state index contributed by atoms with van der Waals surface area (Å²) in [7, 11) is 0. The van der Waals surface area contributed by atoms with Crippen LogP contribution in [0.3, 0.4) is 0 Å². The Labute approximate surface area is 108 Å². The van der Waals surface area contributed by atoms with Crippen LogP contribution in [0.25, 0.3) is 0 Å². The summed E-state index contributed by atoms with van der Waals surface area (Å²) in [6.45, 7) is 5.01. The number of halogens is 1. The van der Waals surface area contributed by atoms with Gasteiger partial charge in [0.15, 0.2) is 0 Å². The summed E-state index contributed by atoms with van der Waals surface area (Å²) in [5, 5.41) is 3.45. The molecule has 2 aromatic rings. The lowest BCUT2D eigenvalue weighted by atomic mass is 10.0. The molecule has 0 radical (unpaired) electrons. The summed E-state index contributed by atoms with van der Waals surface area (Å²) >= 11 is 0. The SMILES string of the molecule is Cc1ccccc1[C@@H](C)NCc1ccc(F)cc1. The average molecular weight is 243 g/mol. The standard InChI is InChI=1S/C16H18FN/c1-12-5-3-4-6-16(12)13(2)18-11-14-7-9-15(17)10-8-14/h3-10,13,18H,11H2,1-2H3/t13-/m1/s1. The van der Waals surface area contributed by atoms with Gasteiger partial charge in [0.05, 0.1) is 0 Å². The van der Waals surface area contributed by atoms with Crippen LogP contribution in [0.1, 0.15) is 29.7 Å². The summed E-state index contributed by atoms with van der Waals surface area (Å²) in [4.78, 5) is 0. The lowest BCUT2D eigenvalue weighted by Crippen LogP contribution is -2.18. The molecule has 1 N–H and O–H groups in total. The highest BCUT2D eigenvalue weighted by Gasteiger charge is 2.06. The maximum atomic E-state index is 12.8. The number of hydrogen-bond acceptors (Lipinski definition) is 1. The van der Waals surface area contributed by atoms with Crippen LogP contribution < -0.4 is 5.32 Å². The first kappa shape index (κ1) is 12.8. The van der Waals surface area contributed by atoms with E-state index >= 15 is 0 Å². The predicted octanol–water partition coefficient (Wildman–Crippen LogP) is 3.98. The van der Waals surface area contributed by atoms with E-state index < -0.39 is 0 Å². The van der Waals surface area contributed by atoms with Crippen LogP contribution in [0.15, 0.2) is 48.5 Å². The Balaban J connectivity index is 1.98. The average Bonchev–Trinajstić information content (AvgIpc) is 2.38. The molecule has 0 unspecified atom stereocenters. The van der Waals surface area contributed by atoms with E-state index in [9.17, 15) is 4.39 Å². The Hall–Kier alpha value is -1.67. The molecular formula is C16H18FN. The third kappa shape index (κ3) is 3.17. The molecule has 2 rings (SSSR count). The molecule has 0 saturated carbocycles. The van der Waals surface area contributed by atoms with Gasteiger partial charge in [-0.25, -0.2) is 4.39 Å². The van der Waals surface area contributed by atoms with E-state index in [-0.39, 0.29) is 11.9 Å². The number of rotatable bonds is 4. The number of hydrogen-bond donors (Lipinski definition) is 1. The Kier molecular flexibility index (Phi) is 4.11. The second-order valence-electron chi connectivity index (χ2n) is 4.59. The lowest BCUT2D eigenvalue weighted by Gasteiger charge is -2.16. The van der Waals surface area contributed by atoms with E-state index in [4.69, 9.17) is 0 Å². The van der Waals surface area contributed by atoms with Gasteiger partial charge in [-0.1, -0.05) is 36.4 Å². The van der Waals surface area contributed by atoms with Gasteiger partial charge in [-0.05, 0) is 42.7 Å². The minimum absolute atomic E-state index is 0.189. The second-order valence-corrected chi connectivity index (χ2v) is 4.59. The summed E-state index contributed by atoms with van der Waals surface area (Å²) in [5.74, 6) is -0.189. The van der Waals surface area contributed by atoms with Crippen molar-refractivity contribution >= 4 is 0 Å². The van der Waals surface area contributed by atoms with Gasteiger partial charge in [0, 0.05) is 12.6 Å². The third-order valence-corrected chi connectivity index (χ3v) is 3.18. The normalized spacial score (nSPS) is 12.4. The van der Waals surface area contributed by atoms with Crippen molar-refractivity contribution in [2.75, 3.05) is 0 Å². The fourth-order valence-electron chi connectivity index (χ4n) is 2.06. The van der Waals surface area contributed by atoms with Crippen molar-refractivity contribution in [3.05, 3.63) is 71.0 Å². The van der Waals surface area contributed by atoms with Crippen molar-refractivity contribution in [1.82, 2.24) is 5.32 Å². The summed E-state index contributed by atoms with van der Waals surface area (Å²) in [5.41, 5.74) is 3.69. The smallest absolute Gasteiger partial charge is 0.123 e. The molecule has 1 nitrogen and oxygen atoms in total. The predicted molar refractivity (Wildman–Crippen MR) is 72.8 cm³/mol. The molecule has 18 heavy (non-hydrogen) atoms. The molecule has 0 amide bonds.